The van der Waals surface area contributed by atoms with E-state index in [1.54, 1.807) is 0 Å². The van der Waals surface area contributed by atoms with Crippen LogP contribution in [0.4, 0.5) is 46.5 Å². The highest BCUT2D eigenvalue weighted by Gasteiger charge is 2.46. The van der Waals surface area contributed by atoms with Crippen molar-refractivity contribution < 1.29 is 54.2 Å². The quantitative estimate of drug-likeness (QED) is 0.177. The molecular weight excluding hydrogens is 682 g/mol. The number of pyridine rings is 2. The smallest absolute Gasteiger partial charge is 0.420 e. The maximum atomic E-state index is 15.3. The van der Waals surface area contributed by atoms with Gasteiger partial charge in [0, 0.05) is 56.1 Å². The Morgan fingerprint density at radius 2 is 1.74 bits per heavy atom. The molecule has 0 aliphatic carbocycles. The molecule has 1 saturated heterocycles. The molecule has 1 fully saturated rings. The molecule has 1 amide bonds. The molecule has 4 aromatic rings. The molecule has 3 heterocycles. The fraction of sp³-hybridized carbons (Fsp3) is 0.333. The Morgan fingerprint density at radius 3 is 2.36 bits per heavy atom. The van der Waals surface area contributed by atoms with Crippen LogP contribution in [-0.2, 0) is 26.9 Å². The van der Waals surface area contributed by atoms with E-state index in [0.717, 1.165) is 12.0 Å². The third kappa shape index (κ3) is 7.27. The van der Waals surface area contributed by atoms with Crippen molar-refractivity contribution in [1.82, 2.24) is 15.3 Å². The lowest BCUT2D eigenvalue weighted by atomic mass is 9.94. The van der Waals surface area contributed by atoms with Gasteiger partial charge in [-0.3, -0.25) is 14.8 Å². The highest BCUT2D eigenvalue weighted by atomic mass is 19.4. The molecule has 1 N–H and O–H groups in total. The fourth-order valence-electron chi connectivity index (χ4n) is 5.82. The number of morpholine rings is 1. The van der Waals surface area contributed by atoms with Crippen LogP contribution >= 0.6 is 0 Å². The normalized spacial score (nSPS) is 15.9. The summed E-state index contributed by atoms with van der Waals surface area (Å²) in [5.41, 5.74) is -2.75. The van der Waals surface area contributed by atoms with E-state index in [4.69, 9.17) is 9.47 Å². The molecule has 0 unspecified atom stereocenters. The van der Waals surface area contributed by atoms with Crippen LogP contribution < -0.4 is 15.1 Å². The van der Waals surface area contributed by atoms with Gasteiger partial charge in [0.2, 0.25) is 0 Å². The summed E-state index contributed by atoms with van der Waals surface area (Å²) in [4.78, 5) is 36.3. The zero-order valence-electron chi connectivity index (χ0n) is 26.6. The monoisotopic (exact) mass is 711 g/mol. The van der Waals surface area contributed by atoms with Crippen molar-refractivity contribution in [2.24, 2.45) is 0 Å². The molecule has 1 aliphatic rings. The number of nitrogens with zero attached hydrogens (tertiary/aromatic N) is 4. The first-order chi connectivity index (χ1) is 23.5. The molecule has 1 aliphatic heterocycles. The number of ether oxygens (including phenoxy) is 2. The molecule has 50 heavy (non-hydrogen) atoms. The van der Waals surface area contributed by atoms with Crippen molar-refractivity contribution in [3.8, 4) is 11.3 Å². The Hall–Kier alpha value is -5.06. The number of hydrogen-bond donors (Lipinski definition) is 1. The third-order valence-corrected chi connectivity index (χ3v) is 8.12. The molecule has 266 valence electrons. The van der Waals surface area contributed by atoms with E-state index >= 15 is 8.78 Å². The van der Waals surface area contributed by atoms with E-state index in [9.17, 15) is 35.9 Å². The lowest BCUT2D eigenvalue weighted by Gasteiger charge is -2.38. The van der Waals surface area contributed by atoms with E-state index in [2.05, 4.69) is 15.3 Å². The van der Waals surface area contributed by atoms with Gasteiger partial charge in [0.1, 0.15) is 34.8 Å². The van der Waals surface area contributed by atoms with E-state index in [0.29, 0.717) is 17.7 Å². The number of esters is 1. The van der Waals surface area contributed by atoms with Gasteiger partial charge in [-0.2, -0.15) is 26.3 Å². The zero-order chi connectivity index (χ0) is 36.5. The molecule has 0 radical (unpaired) electrons. The van der Waals surface area contributed by atoms with Gasteiger partial charge in [0.05, 0.1) is 37.2 Å². The Morgan fingerprint density at radius 1 is 1.04 bits per heavy atom. The molecule has 9 nitrogen and oxygen atoms in total. The van der Waals surface area contributed by atoms with Gasteiger partial charge in [0.15, 0.2) is 0 Å². The van der Waals surface area contributed by atoms with Crippen molar-refractivity contribution in [2.45, 2.75) is 30.9 Å². The lowest BCUT2D eigenvalue weighted by Crippen LogP contribution is -2.53. The van der Waals surface area contributed by atoms with Crippen LogP contribution in [0.15, 0.2) is 54.9 Å². The number of aromatic nitrogens is 2. The SMILES string of the molecule is COC(=O)[C@H](Cc1ccc(-c2nccc(N(C)C)c2C(F)(F)F)c2ncccc12)NC(=O)c1c(F)cc(N2CCOC[C@@H]2C(F)(F)F)cc1F. The molecule has 2 aromatic heterocycles. The highest BCUT2D eigenvalue weighted by Crippen LogP contribution is 2.43. The minimum Gasteiger partial charge on any atom is -0.467 e. The minimum absolute atomic E-state index is 0.0243. The van der Waals surface area contributed by atoms with Gasteiger partial charge in [0.25, 0.3) is 5.91 Å². The van der Waals surface area contributed by atoms with Gasteiger partial charge >= 0.3 is 18.3 Å². The van der Waals surface area contributed by atoms with Crippen molar-refractivity contribution in [2.75, 3.05) is 50.8 Å². The number of benzene rings is 2. The number of carbonyl (C=O) groups is 2. The second-order valence-electron chi connectivity index (χ2n) is 11.5. The van der Waals surface area contributed by atoms with Crippen LogP contribution in [0.1, 0.15) is 21.5 Å². The van der Waals surface area contributed by atoms with Crippen LogP contribution in [0, 0.1) is 11.6 Å². The summed E-state index contributed by atoms with van der Waals surface area (Å²) in [6.45, 7) is -1.22. The van der Waals surface area contributed by atoms with Crippen LogP contribution in [0.3, 0.4) is 0 Å². The Labute approximate surface area is 279 Å². The standard InChI is InChI=1S/C33H29F8N5O4/c1-45(2)24-8-10-43-29(27(24)33(39,40)41)20-7-6-17(19-5-4-9-42-28(19)20)13-23(31(48)49-3)44-30(47)26-21(34)14-18(15-22(26)35)46-11-12-50-16-25(46)32(36,37)38/h4-10,14-15,23,25H,11-13,16H2,1-3H3,(H,44,47)/t23-,25+/m0/s1. The molecule has 0 saturated carbocycles. The maximum Gasteiger partial charge on any atom is 0.420 e. The van der Waals surface area contributed by atoms with Crippen molar-refractivity contribution >= 4 is 34.2 Å². The van der Waals surface area contributed by atoms with Gasteiger partial charge in [-0.15, -0.1) is 0 Å². The van der Waals surface area contributed by atoms with Gasteiger partial charge < -0.3 is 24.6 Å². The summed E-state index contributed by atoms with van der Waals surface area (Å²) in [6.07, 6.45) is -7.36. The Bertz CT molecular complexity index is 1890. The second-order valence-corrected chi connectivity index (χ2v) is 11.5. The number of anilines is 2. The van der Waals surface area contributed by atoms with Crippen molar-refractivity contribution in [1.29, 1.82) is 0 Å². The van der Waals surface area contributed by atoms with E-state index in [-0.39, 0.29) is 41.7 Å². The van der Waals surface area contributed by atoms with Crippen LogP contribution in [0.25, 0.3) is 22.2 Å². The predicted molar refractivity (Wildman–Crippen MR) is 166 cm³/mol. The zero-order valence-corrected chi connectivity index (χ0v) is 26.6. The minimum atomic E-state index is -4.80. The van der Waals surface area contributed by atoms with Crippen molar-refractivity contribution in [3.63, 3.8) is 0 Å². The number of hydrogen-bond acceptors (Lipinski definition) is 8. The van der Waals surface area contributed by atoms with E-state index < -0.39 is 77.1 Å². The number of rotatable bonds is 8. The first-order valence-electron chi connectivity index (χ1n) is 14.9. The predicted octanol–water partition coefficient (Wildman–Crippen LogP) is 5.94. The number of alkyl halides is 6. The number of carbonyl (C=O) groups excluding carboxylic acids is 2. The number of nitrogens with one attached hydrogen (secondary N) is 1. The largest absolute Gasteiger partial charge is 0.467 e. The van der Waals surface area contributed by atoms with Crippen LogP contribution in [0.2, 0.25) is 0 Å². The third-order valence-electron chi connectivity index (χ3n) is 8.12. The average molecular weight is 712 g/mol. The summed E-state index contributed by atoms with van der Waals surface area (Å²) in [5.74, 6) is -5.41. The van der Waals surface area contributed by atoms with E-state index in [1.807, 2.05) is 0 Å². The highest BCUT2D eigenvalue weighted by molar-refractivity contribution is 5.99. The van der Waals surface area contributed by atoms with Gasteiger partial charge in [-0.1, -0.05) is 18.2 Å². The molecular formula is C33H29F8N5O4. The fourth-order valence-corrected chi connectivity index (χ4v) is 5.82. The lowest BCUT2D eigenvalue weighted by molar-refractivity contribution is -0.167. The van der Waals surface area contributed by atoms with Crippen LogP contribution in [-0.4, -0.2) is 81.1 Å². The van der Waals surface area contributed by atoms with Gasteiger partial charge in [-0.25, -0.2) is 13.6 Å². The number of amides is 1. The molecule has 5 rings (SSSR count). The molecule has 0 bridgehead atoms. The molecule has 2 atom stereocenters. The molecule has 0 spiro atoms. The van der Waals surface area contributed by atoms with Crippen molar-refractivity contribution in [3.05, 3.63) is 83.2 Å². The molecule has 2 aromatic carbocycles. The Balaban J connectivity index is 1.49. The maximum absolute atomic E-state index is 15.3. The Kier molecular flexibility index (Phi) is 10.2. The topological polar surface area (TPSA) is 96.9 Å². The molecule has 17 heteroatoms. The second kappa shape index (κ2) is 14.0. The summed E-state index contributed by atoms with van der Waals surface area (Å²) in [5, 5.41) is 2.49. The van der Waals surface area contributed by atoms with Crippen LogP contribution in [0.5, 0.6) is 0 Å². The summed E-state index contributed by atoms with van der Waals surface area (Å²) in [7, 11) is 3.91. The number of methoxy groups -OCH3 is 1. The number of halogens is 8. The summed E-state index contributed by atoms with van der Waals surface area (Å²) < 4.78 is 124. The average Bonchev–Trinajstić information content (AvgIpc) is 3.06. The van der Waals surface area contributed by atoms with Gasteiger partial charge in [-0.05, 0) is 29.8 Å². The first kappa shape index (κ1) is 36.2. The summed E-state index contributed by atoms with van der Waals surface area (Å²) >= 11 is 0. The van der Waals surface area contributed by atoms with E-state index in [1.165, 1.54) is 61.7 Å². The summed E-state index contributed by atoms with van der Waals surface area (Å²) in [6, 6.07) is 4.40. The number of fused-ring (bicyclic) bond motifs is 1. The first-order valence-corrected chi connectivity index (χ1v) is 14.9.